The van der Waals surface area contributed by atoms with Crippen LogP contribution in [-0.2, 0) is 16.9 Å². The zero-order valence-corrected chi connectivity index (χ0v) is 17.1. The first kappa shape index (κ1) is 18.7. The summed E-state index contributed by atoms with van der Waals surface area (Å²) in [6.45, 7) is 4.67. The van der Waals surface area contributed by atoms with E-state index in [-0.39, 0.29) is 5.69 Å². The second-order valence-corrected chi connectivity index (χ2v) is 8.74. The number of fused-ring (bicyclic) bond motifs is 2. The van der Waals surface area contributed by atoms with Crippen LogP contribution in [0.5, 0.6) is 5.75 Å². The van der Waals surface area contributed by atoms with E-state index < -0.39 is 22.2 Å². The summed E-state index contributed by atoms with van der Waals surface area (Å²) in [6, 6.07) is 11.9. The highest BCUT2D eigenvalue weighted by Gasteiger charge is 2.54. The Balaban J connectivity index is 1.63. The van der Waals surface area contributed by atoms with Crippen LogP contribution in [0.3, 0.4) is 0 Å². The Labute approximate surface area is 170 Å². The van der Waals surface area contributed by atoms with E-state index in [2.05, 4.69) is 15.9 Å². The van der Waals surface area contributed by atoms with E-state index in [1.54, 1.807) is 17.0 Å². The number of carbonyl (C=O) groups is 1. The molecule has 7 nitrogen and oxygen atoms in total. The molecule has 1 unspecified atom stereocenters. The van der Waals surface area contributed by atoms with Crippen molar-refractivity contribution in [3.63, 3.8) is 0 Å². The van der Waals surface area contributed by atoms with Gasteiger partial charge in [0.1, 0.15) is 11.4 Å². The first-order valence-corrected chi connectivity index (χ1v) is 9.67. The predicted molar refractivity (Wildman–Crippen MR) is 105 cm³/mol. The minimum absolute atomic E-state index is 0.0224. The summed E-state index contributed by atoms with van der Waals surface area (Å²) in [7, 11) is 0. The van der Waals surface area contributed by atoms with Crippen molar-refractivity contribution in [3.05, 3.63) is 68.2 Å². The Morgan fingerprint density at radius 1 is 1.18 bits per heavy atom. The summed E-state index contributed by atoms with van der Waals surface area (Å²) in [5, 5.41) is 10.8. The molecular weight excluding hydrogens is 428 g/mol. The van der Waals surface area contributed by atoms with Crippen LogP contribution in [0.2, 0.25) is 0 Å². The van der Waals surface area contributed by atoms with Crippen molar-refractivity contribution in [2.45, 2.75) is 38.0 Å². The third-order valence-corrected chi connectivity index (χ3v) is 5.53. The molecule has 146 valence electrons. The molecule has 2 heterocycles. The van der Waals surface area contributed by atoms with Crippen molar-refractivity contribution in [2.75, 3.05) is 6.54 Å². The summed E-state index contributed by atoms with van der Waals surface area (Å²) < 4.78 is 12.9. The lowest BCUT2D eigenvalue weighted by atomic mass is 9.80. The van der Waals surface area contributed by atoms with Gasteiger partial charge >= 0.3 is 6.09 Å². The van der Waals surface area contributed by atoms with Crippen LogP contribution < -0.4 is 4.74 Å². The van der Waals surface area contributed by atoms with Crippen LogP contribution >= 0.6 is 15.9 Å². The van der Waals surface area contributed by atoms with E-state index in [1.807, 2.05) is 32.0 Å². The van der Waals surface area contributed by atoms with E-state index in [4.69, 9.17) is 9.47 Å². The van der Waals surface area contributed by atoms with Gasteiger partial charge in [-0.1, -0.05) is 28.1 Å². The molecule has 1 amide bonds. The Morgan fingerprint density at radius 2 is 1.89 bits per heavy atom. The van der Waals surface area contributed by atoms with Crippen LogP contribution in [-0.4, -0.2) is 28.1 Å². The van der Waals surface area contributed by atoms with Crippen molar-refractivity contribution < 1.29 is 19.2 Å². The maximum Gasteiger partial charge on any atom is 0.411 e. The van der Waals surface area contributed by atoms with Crippen molar-refractivity contribution >= 4 is 27.7 Å². The van der Waals surface area contributed by atoms with Crippen molar-refractivity contribution in [3.8, 4) is 5.75 Å². The lowest BCUT2D eigenvalue weighted by molar-refractivity contribution is -0.384. The highest BCUT2D eigenvalue weighted by molar-refractivity contribution is 9.10. The van der Waals surface area contributed by atoms with Gasteiger partial charge in [0.05, 0.1) is 11.5 Å². The number of nitro benzene ring substituents is 1. The number of amides is 1. The lowest BCUT2D eigenvalue weighted by Gasteiger charge is -2.42. The zero-order chi connectivity index (χ0) is 20.1. The molecule has 0 aliphatic carbocycles. The number of ether oxygens (including phenoxy) is 2. The van der Waals surface area contributed by atoms with Gasteiger partial charge in [0.25, 0.3) is 5.69 Å². The third-order valence-electron chi connectivity index (χ3n) is 5.04. The molecule has 0 saturated carbocycles. The Morgan fingerprint density at radius 3 is 2.57 bits per heavy atom. The van der Waals surface area contributed by atoms with Gasteiger partial charge < -0.3 is 9.47 Å². The molecule has 2 aromatic rings. The minimum atomic E-state index is -0.793. The van der Waals surface area contributed by atoms with E-state index in [0.717, 1.165) is 15.6 Å². The van der Waals surface area contributed by atoms with Crippen LogP contribution in [0.25, 0.3) is 0 Å². The fourth-order valence-electron chi connectivity index (χ4n) is 4.00. The second kappa shape index (κ2) is 6.48. The molecule has 0 aromatic heterocycles. The number of benzene rings is 2. The highest BCUT2D eigenvalue weighted by Crippen LogP contribution is 2.49. The van der Waals surface area contributed by atoms with E-state index in [1.165, 1.54) is 12.1 Å². The largest absolute Gasteiger partial charge is 0.487 e. The topological polar surface area (TPSA) is 81.9 Å². The van der Waals surface area contributed by atoms with Gasteiger partial charge in [0, 0.05) is 35.1 Å². The van der Waals surface area contributed by atoms with Crippen molar-refractivity contribution in [1.29, 1.82) is 0 Å². The fraction of sp³-hybridized carbons (Fsp3) is 0.350. The minimum Gasteiger partial charge on any atom is -0.487 e. The number of rotatable bonds is 3. The summed E-state index contributed by atoms with van der Waals surface area (Å²) in [4.78, 5) is 24.7. The summed E-state index contributed by atoms with van der Waals surface area (Å²) in [6.07, 6.45) is 0.133. The van der Waals surface area contributed by atoms with E-state index in [0.29, 0.717) is 25.3 Å². The van der Waals surface area contributed by atoms with Gasteiger partial charge in [-0.15, -0.1) is 0 Å². The van der Waals surface area contributed by atoms with Crippen LogP contribution in [0, 0.1) is 10.1 Å². The van der Waals surface area contributed by atoms with Crippen molar-refractivity contribution in [2.24, 2.45) is 0 Å². The Hall–Kier alpha value is -2.61. The van der Waals surface area contributed by atoms with E-state index in [9.17, 15) is 14.9 Å². The summed E-state index contributed by atoms with van der Waals surface area (Å²) >= 11 is 3.49. The van der Waals surface area contributed by atoms with Gasteiger partial charge in [-0.25, -0.2) is 4.79 Å². The molecule has 0 bridgehead atoms. The molecule has 8 heteroatoms. The molecule has 1 atom stereocenters. The first-order chi connectivity index (χ1) is 13.2. The number of halogens is 1. The molecule has 2 aliphatic rings. The highest BCUT2D eigenvalue weighted by atomic mass is 79.9. The molecule has 1 saturated heterocycles. The average molecular weight is 447 g/mol. The quantitative estimate of drug-likeness (QED) is 0.500. The first-order valence-electron chi connectivity index (χ1n) is 8.88. The van der Waals surface area contributed by atoms with E-state index >= 15 is 0 Å². The molecule has 0 N–H and O–H groups in total. The lowest BCUT2D eigenvalue weighted by Crippen LogP contribution is -2.46. The molecule has 4 rings (SSSR count). The molecule has 2 aliphatic heterocycles. The molecule has 1 fully saturated rings. The summed E-state index contributed by atoms with van der Waals surface area (Å²) in [5.74, 6) is 0.712. The number of carbonyl (C=O) groups excluding carboxylic acids is 1. The van der Waals surface area contributed by atoms with Gasteiger partial charge in [0.15, 0.2) is 5.60 Å². The predicted octanol–water partition coefficient (Wildman–Crippen LogP) is 4.77. The van der Waals surface area contributed by atoms with Crippen LogP contribution in [0.15, 0.2) is 46.9 Å². The standard InChI is InChI=1S/C20H19BrN2O5/c1-19(2)11-20(16-9-14(21)5-8-17(16)27-19)12-22(18(24)28-20)10-13-3-6-15(7-4-13)23(25)26/h3-9H,10-12H2,1-2H3. The molecule has 2 aromatic carbocycles. The van der Waals surface area contributed by atoms with Crippen molar-refractivity contribution in [1.82, 2.24) is 4.90 Å². The SMILES string of the molecule is CC1(C)CC2(CN(Cc3ccc([N+](=O)[O-])cc3)C(=O)O2)c2cc(Br)ccc2O1. The smallest absolute Gasteiger partial charge is 0.411 e. The average Bonchev–Trinajstić information content (AvgIpc) is 2.91. The Kier molecular flexibility index (Phi) is 4.33. The maximum absolute atomic E-state index is 12.7. The fourth-order valence-corrected chi connectivity index (χ4v) is 4.36. The Bertz CT molecular complexity index is 960. The van der Waals surface area contributed by atoms with Crippen LogP contribution in [0.4, 0.5) is 10.5 Å². The second-order valence-electron chi connectivity index (χ2n) is 7.82. The molecule has 28 heavy (non-hydrogen) atoms. The zero-order valence-electron chi connectivity index (χ0n) is 15.5. The monoisotopic (exact) mass is 446 g/mol. The molecule has 1 spiro atoms. The molecule has 0 radical (unpaired) electrons. The van der Waals surface area contributed by atoms with Gasteiger partial charge in [-0.2, -0.15) is 0 Å². The van der Waals surface area contributed by atoms with Crippen LogP contribution in [0.1, 0.15) is 31.4 Å². The third kappa shape index (κ3) is 3.32. The maximum atomic E-state index is 12.7. The number of hydrogen-bond acceptors (Lipinski definition) is 5. The van der Waals surface area contributed by atoms with Gasteiger partial charge in [-0.3, -0.25) is 15.0 Å². The normalized spacial score (nSPS) is 22.5. The summed E-state index contributed by atoms with van der Waals surface area (Å²) in [5.41, 5.74) is 0.402. The number of nitro groups is 1. The van der Waals surface area contributed by atoms with Gasteiger partial charge in [0.2, 0.25) is 0 Å². The number of hydrogen-bond donors (Lipinski definition) is 0. The number of nitrogens with zero attached hydrogens (tertiary/aromatic N) is 2. The number of non-ortho nitro benzene ring substituents is 1. The van der Waals surface area contributed by atoms with Gasteiger partial charge in [-0.05, 0) is 37.6 Å². The molecular formula is C20H19BrN2O5.